The predicted molar refractivity (Wildman–Crippen MR) is 69.9 cm³/mol. The molecule has 0 saturated heterocycles. The van der Waals surface area contributed by atoms with Crippen molar-refractivity contribution in [3.8, 4) is 0 Å². The van der Waals surface area contributed by atoms with Gasteiger partial charge in [-0.3, -0.25) is 9.59 Å². The molecular formula is C13H16N2O4. The Balaban J connectivity index is 2.44. The second-order valence-corrected chi connectivity index (χ2v) is 3.96. The standard InChI is InChI=1S/C13H16N2O4/c1-2-3-11(16)14-8-12(17)15-10-6-4-9(5-7-10)13(18)19/h4-7H,2-3,8H2,1H3,(H,14,16)(H,15,17)(H,18,19). The molecule has 2 amide bonds. The molecule has 1 rings (SSSR count). The number of hydrogen-bond donors (Lipinski definition) is 3. The fraction of sp³-hybridized carbons (Fsp3) is 0.308. The normalized spacial score (nSPS) is 9.74. The van der Waals surface area contributed by atoms with Gasteiger partial charge in [-0.15, -0.1) is 0 Å². The van der Waals surface area contributed by atoms with Crippen LogP contribution in [0.4, 0.5) is 5.69 Å². The number of rotatable bonds is 6. The van der Waals surface area contributed by atoms with E-state index in [0.29, 0.717) is 12.1 Å². The number of aromatic carboxylic acids is 1. The summed E-state index contributed by atoms with van der Waals surface area (Å²) in [5, 5.41) is 13.8. The van der Waals surface area contributed by atoms with E-state index >= 15 is 0 Å². The Morgan fingerprint density at radius 1 is 1.11 bits per heavy atom. The number of carboxylic acids is 1. The molecule has 0 saturated carbocycles. The fourth-order valence-electron chi connectivity index (χ4n) is 1.40. The molecule has 0 aliphatic carbocycles. The SMILES string of the molecule is CCCC(=O)NCC(=O)Nc1ccc(C(=O)O)cc1. The van der Waals surface area contributed by atoms with Crippen molar-refractivity contribution in [2.24, 2.45) is 0 Å². The molecule has 6 heteroatoms. The third kappa shape index (κ3) is 5.20. The zero-order chi connectivity index (χ0) is 14.3. The number of hydrogen-bond acceptors (Lipinski definition) is 3. The first kappa shape index (κ1) is 14.7. The van der Waals surface area contributed by atoms with E-state index in [1.165, 1.54) is 24.3 Å². The quantitative estimate of drug-likeness (QED) is 0.720. The smallest absolute Gasteiger partial charge is 0.335 e. The summed E-state index contributed by atoms with van der Waals surface area (Å²) in [5.41, 5.74) is 0.633. The largest absolute Gasteiger partial charge is 0.478 e. The molecule has 0 radical (unpaired) electrons. The number of carbonyl (C=O) groups excluding carboxylic acids is 2. The second-order valence-electron chi connectivity index (χ2n) is 3.96. The molecule has 0 fully saturated rings. The van der Waals surface area contributed by atoms with Crippen molar-refractivity contribution in [1.82, 2.24) is 5.32 Å². The zero-order valence-electron chi connectivity index (χ0n) is 10.6. The summed E-state index contributed by atoms with van der Waals surface area (Å²) in [7, 11) is 0. The summed E-state index contributed by atoms with van der Waals surface area (Å²) >= 11 is 0. The summed E-state index contributed by atoms with van der Waals surface area (Å²) in [6.45, 7) is 1.78. The van der Waals surface area contributed by atoms with E-state index in [0.717, 1.165) is 6.42 Å². The highest BCUT2D eigenvalue weighted by atomic mass is 16.4. The van der Waals surface area contributed by atoms with Crippen LogP contribution in [-0.2, 0) is 9.59 Å². The molecule has 0 atom stereocenters. The van der Waals surface area contributed by atoms with Crippen molar-refractivity contribution < 1.29 is 19.5 Å². The van der Waals surface area contributed by atoms with Crippen LogP contribution in [0.3, 0.4) is 0 Å². The van der Waals surface area contributed by atoms with Crippen LogP contribution in [0.5, 0.6) is 0 Å². The Bertz CT molecular complexity index is 468. The minimum atomic E-state index is -1.02. The Morgan fingerprint density at radius 2 is 1.74 bits per heavy atom. The molecule has 0 aliphatic heterocycles. The van der Waals surface area contributed by atoms with Crippen molar-refractivity contribution in [2.45, 2.75) is 19.8 Å². The van der Waals surface area contributed by atoms with E-state index in [4.69, 9.17) is 5.11 Å². The van der Waals surface area contributed by atoms with Crippen molar-refractivity contribution in [3.05, 3.63) is 29.8 Å². The first-order chi connectivity index (χ1) is 9.02. The van der Waals surface area contributed by atoms with Crippen molar-refractivity contribution in [3.63, 3.8) is 0 Å². The van der Waals surface area contributed by atoms with Crippen LogP contribution in [0.25, 0.3) is 0 Å². The Morgan fingerprint density at radius 3 is 2.26 bits per heavy atom. The van der Waals surface area contributed by atoms with Crippen molar-refractivity contribution >= 4 is 23.5 Å². The molecule has 0 aromatic heterocycles. The minimum absolute atomic E-state index is 0.0977. The van der Waals surface area contributed by atoms with Gasteiger partial charge in [0.1, 0.15) is 0 Å². The van der Waals surface area contributed by atoms with E-state index in [-0.39, 0.29) is 23.9 Å². The summed E-state index contributed by atoms with van der Waals surface area (Å²) in [6, 6.07) is 5.78. The monoisotopic (exact) mass is 264 g/mol. The first-order valence-corrected chi connectivity index (χ1v) is 5.93. The minimum Gasteiger partial charge on any atom is -0.478 e. The third-order valence-corrected chi connectivity index (χ3v) is 2.34. The van der Waals surface area contributed by atoms with Gasteiger partial charge >= 0.3 is 5.97 Å². The fourth-order valence-corrected chi connectivity index (χ4v) is 1.40. The number of benzene rings is 1. The Labute approximate surface area is 110 Å². The van der Waals surface area contributed by atoms with E-state index in [1.807, 2.05) is 6.92 Å². The maximum atomic E-state index is 11.5. The molecule has 102 valence electrons. The van der Waals surface area contributed by atoms with Gasteiger partial charge in [0, 0.05) is 12.1 Å². The van der Waals surface area contributed by atoms with E-state index in [9.17, 15) is 14.4 Å². The maximum absolute atomic E-state index is 11.5. The average Bonchev–Trinajstić information content (AvgIpc) is 2.37. The first-order valence-electron chi connectivity index (χ1n) is 5.93. The molecule has 1 aromatic carbocycles. The van der Waals surface area contributed by atoms with Gasteiger partial charge in [-0.2, -0.15) is 0 Å². The molecular weight excluding hydrogens is 248 g/mol. The highest BCUT2D eigenvalue weighted by molar-refractivity contribution is 5.95. The second kappa shape index (κ2) is 7.15. The van der Waals surface area contributed by atoms with Gasteiger partial charge < -0.3 is 15.7 Å². The molecule has 0 bridgehead atoms. The molecule has 0 spiro atoms. The van der Waals surface area contributed by atoms with Crippen LogP contribution < -0.4 is 10.6 Å². The molecule has 0 aliphatic rings. The number of carbonyl (C=O) groups is 3. The van der Waals surface area contributed by atoms with Crippen LogP contribution >= 0.6 is 0 Å². The maximum Gasteiger partial charge on any atom is 0.335 e. The topological polar surface area (TPSA) is 95.5 Å². The number of carboxylic acid groups (broad SMARTS) is 1. The molecule has 0 heterocycles. The lowest BCUT2D eigenvalue weighted by molar-refractivity contribution is -0.124. The molecule has 1 aromatic rings. The number of nitrogens with one attached hydrogen (secondary N) is 2. The summed E-state index contributed by atoms with van der Waals surface area (Å²) < 4.78 is 0. The highest BCUT2D eigenvalue weighted by Crippen LogP contribution is 2.09. The molecule has 0 unspecified atom stereocenters. The van der Waals surface area contributed by atoms with Gasteiger partial charge in [-0.05, 0) is 30.7 Å². The average molecular weight is 264 g/mol. The summed E-state index contributed by atoms with van der Waals surface area (Å²) in [4.78, 5) is 33.3. The Hall–Kier alpha value is -2.37. The van der Waals surface area contributed by atoms with Crippen LogP contribution in [0.15, 0.2) is 24.3 Å². The lowest BCUT2D eigenvalue weighted by Gasteiger charge is -2.06. The van der Waals surface area contributed by atoms with Gasteiger partial charge in [0.05, 0.1) is 12.1 Å². The van der Waals surface area contributed by atoms with Gasteiger partial charge in [0.25, 0.3) is 0 Å². The highest BCUT2D eigenvalue weighted by Gasteiger charge is 2.06. The van der Waals surface area contributed by atoms with Gasteiger partial charge in [-0.25, -0.2) is 4.79 Å². The van der Waals surface area contributed by atoms with E-state index in [1.54, 1.807) is 0 Å². The number of amides is 2. The van der Waals surface area contributed by atoms with Gasteiger partial charge in [-0.1, -0.05) is 6.92 Å². The van der Waals surface area contributed by atoms with Crippen LogP contribution in [0.1, 0.15) is 30.1 Å². The zero-order valence-corrected chi connectivity index (χ0v) is 10.6. The number of anilines is 1. The van der Waals surface area contributed by atoms with Crippen LogP contribution in [0.2, 0.25) is 0 Å². The third-order valence-electron chi connectivity index (χ3n) is 2.34. The van der Waals surface area contributed by atoms with E-state index in [2.05, 4.69) is 10.6 Å². The van der Waals surface area contributed by atoms with Crippen molar-refractivity contribution in [2.75, 3.05) is 11.9 Å². The molecule has 19 heavy (non-hydrogen) atoms. The predicted octanol–water partition coefficient (Wildman–Crippen LogP) is 1.24. The lowest BCUT2D eigenvalue weighted by atomic mass is 10.2. The van der Waals surface area contributed by atoms with Crippen molar-refractivity contribution in [1.29, 1.82) is 0 Å². The lowest BCUT2D eigenvalue weighted by Crippen LogP contribution is -2.32. The summed E-state index contributed by atoms with van der Waals surface area (Å²) in [5.74, 6) is -1.55. The van der Waals surface area contributed by atoms with Gasteiger partial charge in [0.15, 0.2) is 0 Å². The summed E-state index contributed by atoms with van der Waals surface area (Å²) in [6.07, 6.45) is 1.12. The molecule has 6 nitrogen and oxygen atoms in total. The molecule has 3 N–H and O–H groups in total. The van der Waals surface area contributed by atoms with E-state index < -0.39 is 5.97 Å². The Kier molecular flexibility index (Phi) is 5.53. The van der Waals surface area contributed by atoms with Crippen LogP contribution in [-0.4, -0.2) is 29.4 Å². The van der Waals surface area contributed by atoms with Crippen LogP contribution in [0, 0.1) is 0 Å². The van der Waals surface area contributed by atoms with Gasteiger partial charge in [0.2, 0.25) is 11.8 Å².